The molecule has 162 valence electrons. The number of rotatable bonds is 4. The first-order valence-corrected chi connectivity index (χ1v) is 11.3. The maximum Gasteiger partial charge on any atom is 0.349 e. The van der Waals surface area contributed by atoms with Crippen LogP contribution in [0, 0.1) is 6.92 Å². The monoisotopic (exact) mass is 531 g/mol. The van der Waals surface area contributed by atoms with Crippen LogP contribution in [0.1, 0.15) is 25.6 Å². The van der Waals surface area contributed by atoms with Crippen molar-refractivity contribution in [3.63, 3.8) is 0 Å². The quantitative estimate of drug-likeness (QED) is 0.247. The van der Waals surface area contributed by atoms with Crippen molar-refractivity contribution in [2.75, 3.05) is 12.4 Å². The molecule has 6 nitrogen and oxygen atoms in total. The third-order valence-electron chi connectivity index (χ3n) is 4.75. The molecule has 0 bridgehead atoms. The van der Waals surface area contributed by atoms with Crippen LogP contribution in [-0.2, 0) is 4.74 Å². The molecule has 0 atom stereocenters. The Morgan fingerprint density at radius 2 is 1.94 bits per heavy atom. The zero-order valence-corrected chi connectivity index (χ0v) is 20.0. The summed E-state index contributed by atoms with van der Waals surface area (Å²) in [5, 5.41) is 4.04. The SMILES string of the molecule is COC(=O)c1c(NC(=O)c2cc3cc(Br)ccc3oc2=O)sc(C)c1-c1cccc(Cl)c1. The van der Waals surface area contributed by atoms with Gasteiger partial charge in [-0.25, -0.2) is 9.59 Å². The van der Waals surface area contributed by atoms with E-state index in [-0.39, 0.29) is 16.1 Å². The number of carbonyl (C=O) groups excluding carboxylic acids is 2. The van der Waals surface area contributed by atoms with Crippen LogP contribution in [0.25, 0.3) is 22.1 Å². The Bertz CT molecular complexity index is 1440. The number of halogens is 2. The predicted octanol–water partition coefficient (Wildman–Crippen LogP) is 6.28. The van der Waals surface area contributed by atoms with Crippen LogP contribution in [0.2, 0.25) is 5.02 Å². The molecule has 0 aliphatic heterocycles. The molecule has 0 saturated carbocycles. The minimum atomic E-state index is -0.778. The normalized spacial score (nSPS) is 10.9. The van der Waals surface area contributed by atoms with Gasteiger partial charge in [0.2, 0.25) is 0 Å². The highest BCUT2D eigenvalue weighted by molar-refractivity contribution is 9.10. The fraction of sp³-hybridized carbons (Fsp3) is 0.0870. The molecule has 0 unspecified atom stereocenters. The number of ether oxygens (including phenoxy) is 1. The van der Waals surface area contributed by atoms with Crippen LogP contribution in [0.5, 0.6) is 0 Å². The molecule has 2 aromatic heterocycles. The van der Waals surface area contributed by atoms with Crippen LogP contribution >= 0.6 is 38.9 Å². The van der Waals surface area contributed by atoms with Gasteiger partial charge in [-0.1, -0.05) is 39.7 Å². The lowest BCUT2D eigenvalue weighted by atomic mass is 10.0. The molecule has 0 aliphatic carbocycles. The van der Waals surface area contributed by atoms with Crippen molar-refractivity contribution in [1.82, 2.24) is 0 Å². The van der Waals surface area contributed by atoms with E-state index in [4.69, 9.17) is 20.8 Å². The number of esters is 1. The molecule has 9 heteroatoms. The van der Waals surface area contributed by atoms with Crippen molar-refractivity contribution < 1.29 is 18.7 Å². The number of aryl methyl sites for hydroxylation is 1. The van der Waals surface area contributed by atoms with Crippen LogP contribution in [0.3, 0.4) is 0 Å². The van der Waals surface area contributed by atoms with Gasteiger partial charge in [0.1, 0.15) is 21.7 Å². The highest BCUT2D eigenvalue weighted by Gasteiger charge is 2.26. The molecular weight excluding hydrogens is 518 g/mol. The summed E-state index contributed by atoms with van der Waals surface area (Å²) in [6.07, 6.45) is 0. The number of anilines is 1. The van der Waals surface area contributed by atoms with Crippen LogP contribution in [0.15, 0.2) is 62.2 Å². The van der Waals surface area contributed by atoms with Gasteiger partial charge in [-0.15, -0.1) is 11.3 Å². The highest BCUT2D eigenvalue weighted by atomic mass is 79.9. The topological polar surface area (TPSA) is 85.6 Å². The number of carbonyl (C=O) groups is 2. The van der Waals surface area contributed by atoms with Gasteiger partial charge in [-0.05, 0) is 48.9 Å². The number of nitrogens with one attached hydrogen (secondary N) is 1. The largest absolute Gasteiger partial charge is 0.465 e. The number of benzene rings is 2. The molecule has 4 rings (SSSR count). The summed E-state index contributed by atoms with van der Waals surface area (Å²) < 4.78 is 11.0. The fourth-order valence-electron chi connectivity index (χ4n) is 3.34. The van der Waals surface area contributed by atoms with Crippen molar-refractivity contribution in [1.29, 1.82) is 0 Å². The first kappa shape index (κ1) is 22.3. The number of hydrogen-bond donors (Lipinski definition) is 1. The number of hydrogen-bond acceptors (Lipinski definition) is 6. The summed E-state index contributed by atoms with van der Waals surface area (Å²) >= 11 is 10.7. The number of methoxy groups -OCH3 is 1. The van der Waals surface area contributed by atoms with E-state index in [2.05, 4.69) is 21.2 Å². The van der Waals surface area contributed by atoms with Crippen LogP contribution < -0.4 is 10.9 Å². The number of fused-ring (bicyclic) bond motifs is 1. The summed E-state index contributed by atoms with van der Waals surface area (Å²) in [6.45, 7) is 1.82. The van der Waals surface area contributed by atoms with E-state index in [0.29, 0.717) is 27.1 Å². The van der Waals surface area contributed by atoms with Crippen molar-refractivity contribution in [3.8, 4) is 11.1 Å². The van der Waals surface area contributed by atoms with Crippen molar-refractivity contribution in [3.05, 3.63) is 84.5 Å². The second-order valence-corrected chi connectivity index (χ2v) is 9.40. The van der Waals surface area contributed by atoms with Gasteiger partial charge in [0.05, 0.1) is 7.11 Å². The minimum Gasteiger partial charge on any atom is -0.465 e. The first-order valence-electron chi connectivity index (χ1n) is 9.31. The van der Waals surface area contributed by atoms with E-state index in [1.165, 1.54) is 24.5 Å². The molecule has 2 aromatic carbocycles. The summed E-state index contributed by atoms with van der Waals surface area (Å²) in [4.78, 5) is 38.8. The van der Waals surface area contributed by atoms with Gasteiger partial charge in [0, 0.05) is 25.3 Å². The molecular formula is C23H15BrClNO5S. The van der Waals surface area contributed by atoms with Gasteiger partial charge in [-0.3, -0.25) is 4.79 Å². The van der Waals surface area contributed by atoms with E-state index in [0.717, 1.165) is 9.35 Å². The second-order valence-electron chi connectivity index (χ2n) is 6.82. The standard InChI is InChI=1S/C23H15BrClNO5S/c1-11-18(12-4-3-5-15(25)9-12)19(23(29)30-2)21(32-11)26-20(27)16-10-13-8-14(24)6-7-17(13)31-22(16)28/h3-10H,1-2H3,(H,26,27). The van der Waals surface area contributed by atoms with Gasteiger partial charge in [-0.2, -0.15) is 0 Å². The van der Waals surface area contributed by atoms with E-state index in [1.54, 1.807) is 36.4 Å². The molecule has 0 spiro atoms. The zero-order chi connectivity index (χ0) is 23.0. The average Bonchev–Trinajstić information content (AvgIpc) is 3.08. The van der Waals surface area contributed by atoms with Gasteiger partial charge < -0.3 is 14.5 Å². The average molecular weight is 533 g/mol. The molecule has 2 heterocycles. The van der Waals surface area contributed by atoms with Gasteiger partial charge in [0.15, 0.2) is 0 Å². The zero-order valence-electron chi connectivity index (χ0n) is 16.8. The third-order valence-corrected chi connectivity index (χ3v) is 6.50. The number of amides is 1. The van der Waals surface area contributed by atoms with Crippen molar-refractivity contribution in [2.45, 2.75) is 6.92 Å². The minimum absolute atomic E-state index is 0.179. The molecule has 1 amide bonds. The third kappa shape index (κ3) is 4.21. The second kappa shape index (κ2) is 8.90. The number of thiophene rings is 1. The van der Waals surface area contributed by atoms with Gasteiger partial charge >= 0.3 is 11.6 Å². The Balaban J connectivity index is 1.79. The Morgan fingerprint density at radius 3 is 2.66 bits per heavy atom. The Kier molecular flexibility index (Phi) is 6.19. The summed E-state index contributed by atoms with van der Waals surface area (Å²) in [6, 6.07) is 13.6. The Hall–Kier alpha value is -2.94. The van der Waals surface area contributed by atoms with E-state index in [9.17, 15) is 14.4 Å². The highest BCUT2D eigenvalue weighted by Crippen LogP contribution is 2.41. The van der Waals surface area contributed by atoms with E-state index < -0.39 is 17.5 Å². The maximum absolute atomic E-state index is 13.0. The first-order chi connectivity index (χ1) is 15.3. The Labute approximate surface area is 199 Å². The maximum atomic E-state index is 13.0. The molecule has 0 saturated heterocycles. The summed E-state index contributed by atoms with van der Waals surface area (Å²) in [7, 11) is 1.26. The van der Waals surface area contributed by atoms with E-state index in [1.807, 2.05) is 13.0 Å². The molecule has 0 radical (unpaired) electrons. The van der Waals surface area contributed by atoms with Gasteiger partial charge in [0.25, 0.3) is 5.91 Å². The Morgan fingerprint density at radius 1 is 1.16 bits per heavy atom. The lowest BCUT2D eigenvalue weighted by Gasteiger charge is -2.08. The lowest BCUT2D eigenvalue weighted by molar-refractivity contribution is 0.0603. The van der Waals surface area contributed by atoms with Crippen LogP contribution in [0.4, 0.5) is 5.00 Å². The predicted molar refractivity (Wildman–Crippen MR) is 129 cm³/mol. The molecule has 4 aromatic rings. The molecule has 0 fully saturated rings. The van der Waals surface area contributed by atoms with Crippen molar-refractivity contribution in [2.24, 2.45) is 0 Å². The van der Waals surface area contributed by atoms with E-state index >= 15 is 0 Å². The molecule has 32 heavy (non-hydrogen) atoms. The summed E-state index contributed by atoms with van der Waals surface area (Å²) in [5.41, 5.74) is 0.914. The van der Waals surface area contributed by atoms with Crippen molar-refractivity contribution >= 4 is 66.7 Å². The van der Waals surface area contributed by atoms with Crippen LogP contribution in [-0.4, -0.2) is 19.0 Å². The fourth-order valence-corrected chi connectivity index (χ4v) is 4.97. The molecule has 0 aliphatic rings. The lowest BCUT2D eigenvalue weighted by Crippen LogP contribution is -2.21. The molecule has 1 N–H and O–H groups in total. The smallest absolute Gasteiger partial charge is 0.349 e. The summed E-state index contributed by atoms with van der Waals surface area (Å²) in [5.74, 6) is -1.31.